The number of furan rings is 1. The van der Waals surface area contributed by atoms with Crippen molar-refractivity contribution in [3.8, 4) is 11.3 Å². The largest absolute Gasteiger partial charge is 0.453 e. The predicted molar refractivity (Wildman–Crippen MR) is 70.9 cm³/mol. The van der Waals surface area contributed by atoms with Gasteiger partial charge in [-0.2, -0.15) is 0 Å². The van der Waals surface area contributed by atoms with E-state index in [1.807, 2.05) is 18.2 Å². The van der Waals surface area contributed by atoms with Crippen molar-refractivity contribution in [2.24, 2.45) is 0 Å². The van der Waals surface area contributed by atoms with Crippen LogP contribution in [0.15, 0.2) is 39.6 Å². The predicted octanol–water partition coefficient (Wildman–Crippen LogP) is 4.52. The van der Waals surface area contributed by atoms with Crippen LogP contribution in [-0.4, -0.2) is 12.0 Å². The van der Waals surface area contributed by atoms with Crippen LogP contribution in [0.2, 0.25) is 5.02 Å². The van der Waals surface area contributed by atoms with E-state index >= 15 is 0 Å². The lowest BCUT2D eigenvalue weighted by molar-refractivity contribution is 0.110. The van der Waals surface area contributed by atoms with E-state index < -0.39 is 0 Å². The van der Waals surface area contributed by atoms with Crippen molar-refractivity contribution in [3.05, 3.63) is 41.1 Å². The molecule has 0 saturated heterocycles. The Hall–Kier alpha value is -1.19. The molecule has 1 heterocycles. The maximum Gasteiger partial charge on any atom is 0.185 e. The third kappa shape index (κ3) is 2.73. The van der Waals surface area contributed by atoms with Gasteiger partial charge in [0.1, 0.15) is 5.76 Å². The highest BCUT2D eigenvalue weighted by atomic mass is 35.5. The molecule has 0 saturated carbocycles. The van der Waals surface area contributed by atoms with Crippen molar-refractivity contribution >= 4 is 29.6 Å². The summed E-state index contributed by atoms with van der Waals surface area (Å²) in [6, 6.07) is 9.12. The molecule has 0 aliphatic carbocycles. The fraction of sp³-hybridized carbons (Fsp3) is 0.154. The first-order valence-electron chi connectivity index (χ1n) is 5.22. The highest BCUT2D eigenvalue weighted by molar-refractivity contribution is 7.99. The minimum absolute atomic E-state index is 0.326. The quantitative estimate of drug-likeness (QED) is 0.602. The zero-order valence-electron chi connectivity index (χ0n) is 9.27. The van der Waals surface area contributed by atoms with Gasteiger partial charge in [0.25, 0.3) is 0 Å². The first-order chi connectivity index (χ1) is 8.24. The van der Waals surface area contributed by atoms with Crippen LogP contribution in [-0.2, 0) is 0 Å². The molecule has 0 unspecified atom stereocenters. The molecule has 4 heteroatoms. The Labute approximate surface area is 109 Å². The highest BCUT2D eigenvalue weighted by Gasteiger charge is 2.10. The van der Waals surface area contributed by atoms with Crippen molar-refractivity contribution in [2.45, 2.75) is 11.8 Å². The summed E-state index contributed by atoms with van der Waals surface area (Å²) >= 11 is 7.70. The van der Waals surface area contributed by atoms with Crippen molar-refractivity contribution < 1.29 is 9.21 Å². The van der Waals surface area contributed by atoms with Gasteiger partial charge in [0.15, 0.2) is 12.0 Å². The Morgan fingerprint density at radius 1 is 1.35 bits per heavy atom. The topological polar surface area (TPSA) is 30.2 Å². The zero-order valence-corrected chi connectivity index (χ0v) is 10.8. The van der Waals surface area contributed by atoms with Crippen LogP contribution in [0.4, 0.5) is 0 Å². The molecule has 1 aromatic carbocycles. The summed E-state index contributed by atoms with van der Waals surface area (Å²) in [4.78, 5) is 11.7. The van der Waals surface area contributed by atoms with E-state index in [4.69, 9.17) is 16.0 Å². The Bertz CT molecular complexity index is 534. The van der Waals surface area contributed by atoms with Gasteiger partial charge in [0.05, 0.1) is 0 Å². The number of hydrogen-bond donors (Lipinski definition) is 0. The van der Waals surface area contributed by atoms with Crippen molar-refractivity contribution in [2.75, 3.05) is 5.75 Å². The molecule has 88 valence electrons. The van der Waals surface area contributed by atoms with Crippen molar-refractivity contribution in [3.63, 3.8) is 0 Å². The minimum atomic E-state index is 0.326. The smallest absolute Gasteiger partial charge is 0.185 e. The van der Waals surface area contributed by atoms with E-state index in [0.29, 0.717) is 22.8 Å². The highest BCUT2D eigenvalue weighted by Crippen LogP contribution is 2.34. The second kappa shape index (κ2) is 5.43. The summed E-state index contributed by atoms with van der Waals surface area (Å²) < 4.78 is 5.42. The second-order valence-electron chi connectivity index (χ2n) is 3.39. The second-order valence-corrected chi connectivity index (χ2v) is 5.14. The Kier molecular flexibility index (Phi) is 3.92. The first-order valence-corrected chi connectivity index (χ1v) is 6.58. The SMILES string of the molecule is CCSc1ccc(Cl)cc1-c1ccc(C=O)o1. The molecule has 0 amide bonds. The molecule has 0 aliphatic rings. The maximum absolute atomic E-state index is 10.6. The van der Waals surface area contributed by atoms with Gasteiger partial charge in [-0.25, -0.2) is 0 Å². The lowest BCUT2D eigenvalue weighted by Crippen LogP contribution is -1.81. The lowest BCUT2D eigenvalue weighted by Gasteiger charge is -2.06. The maximum atomic E-state index is 10.6. The van der Waals surface area contributed by atoms with Crippen LogP contribution in [0.3, 0.4) is 0 Å². The van der Waals surface area contributed by atoms with Crippen LogP contribution >= 0.6 is 23.4 Å². The molecule has 0 spiro atoms. The van der Waals surface area contributed by atoms with E-state index in [1.165, 1.54) is 0 Å². The third-order valence-corrected chi connectivity index (χ3v) is 3.44. The Balaban J connectivity index is 2.48. The van der Waals surface area contributed by atoms with Crippen LogP contribution < -0.4 is 0 Å². The fourth-order valence-corrected chi connectivity index (χ4v) is 2.50. The molecule has 2 nitrogen and oxygen atoms in total. The van der Waals surface area contributed by atoms with Gasteiger partial charge in [0, 0.05) is 15.5 Å². The van der Waals surface area contributed by atoms with Crippen LogP contribution in [0.1, 0.15) is 17.5 Å². The monoisotopic (exact) mass is 266 g/mol. The van der Waals surface area contributed by atoms with E-state index in [1.54, 1.807) is 23.9 Å². The summed E-state index contributed by atoms with van der Waals surface area (Å²) in [5.74, 6) is 1.97. The van der Waals surface area contributed by atoms with E-state index in [-0.39, 0.29) is 0 Å². The molecule has 1 aromatic heterocycles. The van der Waals surface area contributed by atoms with Crippen LogP contribution in [0, 0.1) is 0 Å². The van der Waals surface area contributed by atoms with Crippen molar-refractivity contribution in [1.29, 1.82) is 0 Å². The molecular formula is C13H11ClO2S. The number of carbonyl (C=O) groups is 1. The molecule has 0 fully saturated rings. The van der Waals surface area contributed by atoms with E-state index in [2.05, 4.69) is 6.92 Å². The average molecular weight is 267 g/mol. The summed E-state index contributed by atoms with van der Waals surface area (Å²) in [5, 5.41) is 0.657. The van der Waals surface area contributed by atoms with E-state index in [0.717, 1.165) is 16.2 Å². The number of hydrogen-bond acceptors (Lipinski definition) is 3. The number of aldehydes is 1. The summed E-state index contributed by atoms with van der Waals surface area (Å²) in [7, 11) is 0. The van der Waals surface area contributed by atoms with Gasteiger partial charge in [-0.15, -0.1) is 11.8 Å². The third-order valence-electron chi connectivity index (χ3n) is 2.25. The van der Waals surface area contributed by atoms with E-state index in [9.17, 15) is 4.79 Å². The Morgan fingerprint density at radius 3 is 2.82 bits per heavy atom. The summed E-state index contributed by atoms with van der Waals surface area (Å²) in [5.41, 5.74) is 0.928. The molecule has 2 rings (SSSR count). The van der Waals surface area contributed by atoms with Gasteiger partial charge in [-0.3, -0.25) is 4.79 Å². The average Bonchev–Trinajstić information content (AvgIpc) is 2.80. The van der Waals surface area contributed by atoms with Gasteiger partial charge >= 0.3 is 0 Å². The fourth-order valence-electron chi connectivity index (χ4n) is 1.54. The molecule has 0 aliphatic heterocycles. The first kappa shape index (κ1) is 12.3. The molecule has 0 bridgehead atoms. The van der Waals surface area contributed by atoms with Crippen molar-refractivity contribution in [1.82, 2.24) is 0 Å². The molecular weight excluding hydrogens is 256 g/mol. The number of carbonyl (C=O) groups excluding carboxylic acids is 1. The Morgan fingerprint density at radius 2 is 2.18 bits per heavy atom. The number of halogens is 1. The van der Waals surface area contributed by atoms with Gasteiger partial charge in [0.2, 0.25) is 0 Å². The normalized spacial score (nSPS) is 10.5. The standard InChI is InChI=1S/C13H11ClO2S/c1-2-17-13-6-3-9(14)7-11(13)12-5-4-10(8-15)16-12/h3-8H,2H2,1H3. The van der Waals surface area contributed by atoms with Crippen LogP contribution in [0.5, 0.6) is 0 Å². The summed E-state index contributed by atoms with van der Waals surface area (Å²) in [6.07, 6.45) is 0.695. The number of thioether (sulfide) groups is 1. The molecule has 17 heavy (non-hydrogen) atoms. The van der Waals surface area contributed by atoms with Crippen LogP contribution in [0.25, 0.3) is 11.3 Å². The van der Waals surface area contributed by atoms with Gasteiger partial charge in [-0.1, -0.05) is 18.5 Å². The molecule has 0 atom stereocenters. The lowest BCUT2D eigenvalue weighted by atomic mass is 10.2. The molecule has 0 N–H and O–H groups in total. The minimum Gasteiger partial charge on any atom is -0.453 e. The molecule has 2 aromatic rings. The number of benzene rings is 1. The molecule has 0 radical (unpaired) electrons. The number of rotatable bonds is 4. The summed E-state index contributed by atoms with van der Waals surface area (Å²) in [6.45, 7) is 2.09. The zero-order chi connectivity index (χ0) is 12.3. The van der Waals surface area contributed by atoms with Gasteiger partial charge < -0.3 is 4.42 Å². The van der Waals surface area contributed by atoms with Gasteiger partial charge in [-0.05, 0) is 36.1 Å².